The normalized spacial score (nSPS) is 20.0. The highest BCUT2D eigenvalue weighted by atomic mass is 19.4. The average molecular weight is 495 g/mol. The van der Waals surface area contributed by atoms with Gasteiger partial charge in [-0.05, 0) is 18.1 Å². The Hall–Kier alpha value is -3.64. The Bertz CT molecular complexity index is 1180. The van der Waals surface area contributed by atoms with Crippen molar-refractivity contribution in [1.29, 1.82) is 0 Å². The molecule has 0 aliphatic carbocycles. The standard InChI is InChI=1S/C22H22F5N7O/c1-13-7-21(23,24)12-34(16(13)8-30-18-10-29-17(9-31-18)22(25,26)27)20(35)14-11-33(2)32-19(14)15-5-3-4-6-28-15/h3-6,9-11,13,16H,7-8,12H2,1-2H3,(H,30,31)/t13-,16?/m1/s1. The molecule has 0 radical (unpaired) electrons. The quantitative estimate of drug-likeness (QED) is 0.541. The highest BCUT2D eigenvalue weighted by molar-refractivity contribution is 5.99. The molecule has 13 heteroatoms. The van der Waals surface area contributed by atoms with Gasteiger partial charge in [-0.15, -0.1) is 0 Å². The predicted octanol–water partition coefficient (Wildman–Crippen LogP) is 3.89. The van der Waals surface area contributed by atoms with Crippen molar-refractivity contribution in [3.05, 3.63) is 54.2 Å². The zero-order chi connectivity index (χ0) is 25.4. The van der Waals surface area contributed by atoms with E-state index in [4.69, 9.17) is 0 Å². The van der Waals surface area contributed by atoms with Crippen molar-refractivity contribution in [2.24, 2.45) is 13.0 Å². The lowest BCUT2D eigenvalue weighted by molar-refractivity contribution is -0.141. The summed E-state index contributed by atoms with van der Waals surface area (Å²) < 4.78 is 68.7. The van der Waals surface area contributed by atoms with E-state index >= 15 is 0 Å². The van der Waals surface area contributed by atoms with Crippen LogP contribution in [0.2, 0.25) is 0 Å². The molecule has 3 aromatic heterocycles. The molecule has 3 aromatic rings. The maximum absolute atomic E-state index is 14.5. The van der Waals surface area contributed by atoms with Crippen LogP contribution in [0.5, 0.6) is 0 Å². The third-order valence-corrected chi connectivity index (χ3v) is 5.74. The third-order valence-electron chi connectivity index (χ3n) is 5.74. The number of nitrogens with zero attached hydrogens (tertiary/aromatic N) is 6. The van der Waals surface area contributed by atoms with E-state index in [1.165, 1.54) is 17.1 Å². The molecule has 0 aromatic carbocycles. The second-order valence-corrected chi connectivity index (χ2v) is 8.48. The monoisotopic (exact) mass is 495 g/mol. The minimum atomic E-state index is -4.63. The van der Waals surface area contributed by atoms with Crippen LogP contribution < -0.4 is 5.32 Å². The lowest BCUT2D eigenvalue weighted by atomic mass is 9.88. The Morgan fingerprint density at radius 2 is 1.97 bits per heavy atom. The topological polar surface area (TPSA) is 88.8 Å². The van der Waals surface area contributed by atoms with Crippen molar-refractivity contribution in [3.63, 3.8) is 0 Å². The number of hydrogen-bond donors (Lipinski definition) is 1. The SMILES string of the molecule is C[C@@H]1CC(F)(F)CN(C(=O)c2cn(C)nc2-c2ccccn2)C1CNc1cnc(C(F)(F)F)cn1. The maximum Gasteiger partial charge on any atom is 0.434 e. The third kappa shape index (κ3) is 5.38. The van der Waals surface area contributed by atoms with Gasteiger partial charge in [-0.3, -0.25) is 14.5 Å². The number of anilines is 1. The van der Waals surface area contributed by atoms with Crippen molar-refractivity contribution in [1.82, 2.24) is 29.6 Å². The second kappa shape index (κ2) is 9.19. The molecule has 0 saturated carbocycles. The van der Waals surface area contributed by atoms with E-state index in [0.29, 0.717) is 11.9 Å². The fourth-order valence-electron chi connectivity index (χ4n) is 4.15. The van der Waals surface area contributed by atoms with Gasteiger partial charge in [-0.1, -0.05) is 13.0 Å². The number of piperidine rings is 1. The summed E-state index contributed by atoms with van der Waals surface area (Å²) in [5.74, 6) is -4.33. The van der Waals surface area contributed by atoms with Crippen LogP contribution in [0.4, 0.5) is 27.8 Å². The van der Waals surface area contributed by atoms with Crippen LogP contribution in [0.3, 0.4) is 0 Å². The number of aryl methyl sites for hydroxylation is 1. The Kier molecular flexibility index (Phi) is 6.43. The molecule has 2 atom stereocenters. The van der Waals surface area contributed by atoms with Crippen molar-refractivity contribution in [3.8, 4) is 11.4 Å². The van der Waals surface area contributed by atoms with Crippen LogP contribution in [-0.4, -0.2) is 60.6 Å². The van der Waals surface area contributed by atoms with Gasteiger partial charge in [-0.25, -0.2) is 18.7 Å². The summed E-state index contributed by atoms with van der Waals surface area (Å²) >= 11 is 0. The van der Waals surface area contributed by atoms with Crippen molar-refractivity contribution >= 4 is 11.7 Å². The molecule has 1 fully saturated rings. The molecule has 4 heterocycles. The average Bonchev–Trinajstić information content (AvgIpc) is 3.19. The molecule has 8 nitrogen and oxygen atoms in total. The minimum absolute atomic E-state index is 0.0117. The molecule has 4 rings (SSSR count). The Balaban J connectivity index is 1.60. The Morgan fingerprint density at radius 1 is 1.20 bits per heavy atom. The van der Waals surface area contributed by atoms with E-state index in [1.807, 2.05) is 0 Å². The van der Waals surface area contributed by atoms with Gasteiger partial charge in [0.15, 0.2) is 5.69 Å². The first-order chi connectivity index (χ1) is 16.4. The molecule has 1 saturated heterocycles. The van der Waals surface area contributed by atoms with Gasteiger partial charge < -0.3 is 10.2 Å². The van der Waals surface area contributed by atoms with E-state index in [0.717, 1.165) is 11.1 Å². The molecule has 1 aliphatic rings. The number of aromatic nitrogens is 5. The lowest BCUT2D eigenvalue weighted by Gasteiger charge is -2.43. The number of pyridine rings is 1. The Labute approximate surface area is 197 Å². The van der Waals surface area contributed by atoms with Crippen molar-refractivity contribution < 1.29 is 26.7 Å². The van der Waals surface area contributed by atoms with E-state index in [1.54, 1.807) is 32.2 Å². The number of hydrogen-bond acceptors (Lipinski definition) is 6. The minimum Gasteiger partial charge on any atom is -0.367 e. The molecule has 186 valence electrons. The summed E-state index contributed by atoms with van der Waals surface area (Å²) in [7, 11) is 1.61. The largest absolute Gasteiger partial charge is 0.434 e. The van der Waals surface area contributed by atoms with Crippen molar-refractivity contribution in [2.75, 3.05) is 18.4 Å². The summed E-state index contributed by atoms with van der Waals surface area (Å²) in [6.45, 7) is 0.779. The zero-order valence-corrected chi connectivity index (χ0v) is 18.8. The van der Waals surface area contributed by atoms with E-state index in [2.05, 4.69) is 25.4 Å². The fraction of sp³-hybridized carbons (Fsp3) is 0.409. The smallest absolute Gasteiger partial charge is 0.367 e. The van der Waals surface area contributed by atoms with Crippen LogP contribution in [-0.2, 0) is 13.2 Å². The molecule has 1 aliphatic heterocycles. The highest BCUT2D eigenvalue weighted by Gasteiger charge is 2.46. The second-order valence-electron chi connectivity index (χ2n) is 8.48. The highest BCUT2D eigenvalue weighted by Crippen LogP contribution is 2.36. The summed E-state index contributed by atoms with van der Waals surface area (Å²) in [5.41, 5.74) is -0.345. The van der Waals surface area contributed by atoms with Crippen LogP contribution in [0.1, 0.15) is 29.4 Å². The zero-order valence-electron chi connectivity index (χ0n) is 18.8. The van der Waals surface area contributed by atoms with E-state index in [-0.39, 0.29) is 23.6 Å². The first-order valence-corrected chi connectivity index (χ1v) is 10.7. The first kappa shape index (κ1) is 24.5. The molecule has 1 amide bonds. The summed E-state index contributed by atoms with van der Waals surface area (Å²) in [6.07, 6.45) is -0.589. The lowest BCUT2D eigenvalue weighted by Crippen LogP contribution is -2.57. The number of rotatable bonds is 5. The molecular formula is C22H22F5N7O. The van der Waals surface area contributed by atoms with Gasteiger partial charge in [0, 0.05) is 32.4 Å². The van der Waals surface area contributed by atoms with Crippen LogP contribution in [0.15, 0.2) is 43.0 Å². The van der Waals surface area contributed by atoms with Gasteiger partial charge >= 0.3 is 6.18 Å². The van der Waals surface area contributed by atoms with E-state index in [9.17, 15) is 26.7 Å². The number of amides is 1. The summed E-state index contributed by atoms with van der Waals surface area (Å²) in [6, 6.07) is 4.39. The van der Waals surface area contributed by atoms with Crippen molar-refractivity contribution in [2.45, 2.75) is 31.5 Å². The van der Waals surface area contributed by atoms with Crippen LogP contribution >= 0.6 is 0 Å². The summed E-state index contributed by atoms with van der Waals surface area (Å²) in [5, 5.41) is 7.12. The maximum atomic E-state index is 14.5. The molecule has 0 spiro atoms. The van der Waals surface area contributed by atoms with Gasteiger partial charge in [0.2, 0.25) is 0 Å². The van der Waals surface area contributed by atoms with Gasteiger partial charge in [0.05, 0.1) is 36.2 Å². The number of nitrogens with one attached hydrogen (secondary N) is 1. The fourth-order valence-corrected chi connectivity index (χ4v) is 4.15. The number of likely N-dealkylation sites (tertiary alicyclic amines) is 1. The molecule has 1 unspecified atom stereocenters. The number of carbonyl (C=O) groups is 1. The van der Waals surface area contributed by atoms with Crippen LogP contribution in [0.25, 0.3) is 11.4 Å². The first-order valence-electron chi connectivity index (χ1n) is 10.7. The van der Waals surface area contributed by atoms with Crippen LogP contribution in [0, 0.1) is 5.92 Å². The van der Waals surface area contributed by atoms with Gasteiger partial charge in [0.25, 0.3) is 11.8 Å². The molecule has 1 N–H and O–H groups in total. The summed E-state index contributed by atoms with van der Waals surface area (Å²) in [4.78, 5) is 25.9. The number of carbonyl (C=O) groups excluding carboxylic acids is 1. The van der Waals surface area contributed by atoms with Gasteiger partial charge in [-0.2, -0.15) is 18.3 Å². The molecule has 35 heavy (non-hydrogen) atoms. The number of alkyl halides is 5. The predicted molar refractivity (Wildman–Crippen MR) is 116 cm³/mol. The Morgan fingerprint density at radius 3 is 2.60 bits per heavy atom. The van der Waals surface area contributed by atoms with Gasteiger partial charge in [0.1, 0.15) is 11.5 Å². The number of halogens is 5. The molecular weight excluding hydrogens is 473 g/mol. The van der Waals surface area contributed by atoms with E-state index < -0.39 is 48.6 Å². The molecule has 0 bridgehead atoms.